The van der Waals surface area contributed by atoms with Gasteiger partial charge in [0.2, 0.25) is 5.91 Å². The van der Waals surface area contributed by atoms with Crippen LogP contribution in [0.4, 0.5) is 0 Å². The molecule has 0 aromatic rings. The molecule has 0 aliphatic heterocycles. The molecule has 0 radical (unpaired) electrons. The Morgan fingerprint density at radius 3 is 1.54 bits per heavy atom. The maximum absolute atomic E-state index is 12.4. The fourth-order valence-corrected chi connectivity index (χ4v) is 6.41. The fraction of sp³-hybridized carbons (Fsp3) is 0.826. The Balaban J connectivity index is 3.56. The first kappa shape index (κ1) is 50.1. The van der Waals surface area contributed by atoms with Crippen LogP contribution in [0.1, 0.15) is 219 Å². The van der Waals surface area contributed by atoms with Crippen LogP contribution in [0.2, 0.25) is 0 Å². The van der Waals surface area contributed by atoms with E-state index < -0.39 is 12.1 Å². The smallest absolute Gasteiger partial charge is 0.305 e. The number of hydrogen-bond donors (Lipinski definition) is 3. The first-order valence-corrected chi connectivity index (χ1v) is 22.2. The molecule has 1 amide bonds. The van der Waals surface area contributed by atoms with Crippen LogP contribution in [0.3, 0.4) is 0 Å². The second-order valence-electron chi connectivity index (χ2n) is 15.0. The molecule has 0 aromatic carbocycles. The van der Waals surface area contributed by atoms with E-state index in [2.05, 4.69) is 55.6 Å². The van der Waals surface area contributed by atoms with Crippen LogP contribution in [-0.4, -0.2) is 47.4 Å². The first-order valence-electron chi connectivity index (χ1n) is 22.2. The van der Waals surface area contributed by atoms with Gasteiger partial charge in [-0.05, 0) is 77.0 Å². The molecule has 0 rings (SSSR count). The Hall–Kier alpha value is -1.92. The summed E-state index contributed by atoms with van der Waals surface area (Å²) in [5, 5.41) is 23.0. The molecule has 0 heterocycles. The highest BCUT2D eigenvalue weighted by Crippen LogP contribution is 2.14. The molecule has 0 spiro atoms. The van der Waals surface area contributed by atoms with Crippen LogP contribution in [0.15, 0.2) is 36.5 Å². The van der Waals surface area contributed by atoms with Gasteiger partial charge in [-0.1, -0.05) is 166 Å². The van der Waals surface area contributed by atoms with E-state index in [1.165, 1.54) is 96.3 Å². The molecule has 0 saturated heterocycles. The zero-order valence-corrected chi connectivity index (χ0v) is 34.3. The lowest BCUT2D eigenvalue weighted by Gasteiger charge is -2.22. The fourth-order valence-electron chi connectivity index (χ4n) is 6.41. The van der Waals surface area contributed by atoms with Gasteiger partial charge in [0.15, 0.2) is 0 Å². The van der Waals surface area contributed by atoms with Crippen molar-refractivity contribution in [1.29, 1.82) is 0 Å². The van der Waals surface area contributed by atoms with Crippen LogP contribution in [-0.2, 0) is 14.3 Å². The van der Waals surface area contributed by atoms with Gasteiger partial charge in [0, 0.05) is 12.8 Å². The summed E-state index contributed by atoms with van der Waals surface area (Å²) < 4.78 is 5.41. The van der Waals surface area contributed by atoms with Crippen LogP contribution < -0.4 is 5.32 Å². The lowest BCUT2D eigenvalue weighted by atomic mass is 10.0. The molecule has 6 heteroatoms. The summed E-state index contributed by atoms with van der Waals surface area (Å²) in [6, 6.07) is -0.566. The van der Waals surface area contributed by atoms with Gasteiger partial charge in [0.1, 0.15) is 0 Å². The number of aliphatic hydroxyl groups excluding tert-OH is 2. The van der Waals surface area contributed by atoms with Crippen molar-refractivity contribution in [3.63, 3.8) is 0 Å². The number of amides is 1. The molecule has 304 valence electrons. The summed E-state index contributed by atoms with van der Waals surface area (Å²) >= 11 is 0. The highest BCUT2D eigenvalue weighted by molar-refractivity contribution is 5.76. The number of unbranched alkanes of at least 4 members (excludes halogenated alkanes) is 23. The third-order valence-corrected chi connectivity index (χ3v) is 9.91. The van der Waals surface area contributed by atoms with Crippen molar-refractivity contribution in [2.24, 2.45) is 0 Å². The Bertz CT molecular complexity index is 854. The molecule has 6 nitrogen and oxygen atoms in total. The molecule has 2 unspecified atom stereocenters. The molecule has 0 aromatic heterocycles. The number of ether oxygens (including phenoxy) is 1. The van der Waals surface area contributed by atoms with Gasteiger partial charge in [-0.15, -0.1) is 0 Å². The number of allylic oxidation sites excluding steroid dienone is 6. The van der Waals surface area contributed by atoms with Crippen LogP contribution >= 0.6 is 0 Å². The van der Waals surface area contributed by atoms with Crippen molar-refractivity contribution in [2.45, 2.75) is 231 Å². The molecule has 0 aliphatic carbocycles. The van der Waals surface area contributed by atoms with Crippen molar-refractivity contribution < 1.29 is 24.5 Å². The molecule has 0 fully saturated rings. The Morgan fingerprint density at radius 2 is 0.981 bits per heavy atom. The monoisotopic (exact) mass is 732 g/mol. The number of carbonyl (C=O) groups excluding carboxylic acids is 2. The van der Waals surface area contributed by atoms with Crippen molar-refractivity contribution in [3.05, 3.63) is 36.5 Å². The molecule has 3 N–H and O–H groups in total. The van der Waals surface area contributed by atoms with Crippen LogP contribution in [0.5, 0.6) is 0 Å². The third kappa shape index (κ3) is 37.8. The second kappa shape index (κ2) is 41.8. The predicted molar refractivity (Wildman–Crippen MR) is 222 cm³/mol. The van der Waals surface area contributed by atoms with Gasteiger partial charge in [0.05, 0.1) is 25.4 Å². The molecule has 0 bridgehead atoms. The Labute approximate surface area is 322 Å². The minimum Gasteiger partial charge on any atom is -0.466 e. The Morgan fingerprint density at radius 1 is 0.538 bits per heavy atom. The number of rotatable bonds is 40. The van der Waals surface area contributed by atoms with Gasteiger partial charge in [-0.2, -0.15) is 0 Å². The number of carbonyl (C=O) groups is 2. The van der Waals surface area contributed by atoms with Crippen LogP contribution in [0, 0.1) is 0 Å². The predicted octanol–water partition coefficient (Wildman–Crippen LogP) is 12.6. The van der Waals surface area contributed by atoms with Gasteiger partial charge in [-0.3, -0.25) is 9.59 Å². The maximum atomic E-state index is 12.4. The average Bonchev–Trinajstić information content (AvgIpc) is 3.14. The second-order valence-corrected chi connectivity index (χ2v) is 15.0. The van der Waals surface area contributed by atoms with Gasteiger partial charge >= 0.3 is 5.97 Å². The minimum atomic E-state index is -0.685. The van der Waals surface area contributed by atoms with Crippen LogP contribution in [0.25, 0.3) is 0 Å². The van der Waals surface area contributed by atoms with Crippen molar-refractivity contribution in [2.75, 3.05) is 13.2 Å². The number of esters is 1. The van der Waals surface area contributed by atoms with E-state index in [1.54, 1.807) is 0 Å². The lowest BCUT2D eigenvalue weighted by Crippen LogP contribution is -2.45. The summed E-state index contributed by atoms with van der Waals surface area (Å²) in [6.07, 6.45) is 48.1. The van der Waals surface area contributed by atoms with E-state index in [1.807, 2.05) is 0 Å². The standard InChI is InChI=1S/C46H85NO5/c1-3-5-7-9-11-13-15-16-17-19-24-28-32-36-40-46(51)52-41-37-33-29-25-21-20-23-27-31-35-39-45(50)47-43(42-48)44(49)38-34-30-26-22-18-14-12-10-8-6-4-2/h9,11,15-16,21,25,43-44,48-49H,3-8,10,12-14,17-20,22-24,26-42H2,1-2H3,(H,47,50)/b11-9-,16-15-,25-21-. The summed E-state index contributed by atoms with van der Waals surface area (Å²) in [7, 11) is 0. The number of hydrogen-bond acceptors (Lipinski definition) is 5. The summed E-state index contributed by atoms with van der Waals surface area (Å²) in [5.74, 6) is -0.127. The van der Waals surface area contributed by atoms with Crippen molar-refractivity contribution in [1.82, 2.24) is 5.32 Å². The zero-order chi connectivity index (χ0) is 38.0. The lowest BCUT2D eigenvalue weighted by molar-refractivity contribution is -0.143. The number of nitrogens with one attached hydrogen (secondary N) is 1. The summed E-state index contributed by atoms with van der Waals surface area (Å²) in [5.41, 5.74) is 0. The number of aliphatic hydroxyl groups is 2. The molecule has 0 aliphatic rings. The van der Waals surface area contributed by atoms with Crippen molar-refractivity contribution in [3.8, 4) is 0 Å². The highest BCUT2D eigenvalue weighted by Gasteiger charge is 2.20. The largest absolute Gasteiger partial charge is 0.466 e. The molecular formula is C46H85NO5. The van der Waals surface area contributed by atoms with E-state index in [0.717, 1.165) is 89.9 Å². The van der Waals surface area contributed by atoms with E-state index in [0.29, 0.717) is 25.9 Å². The van der Waals surface area contributed by atoms with Gasteiger partial charge in [-0.25, -0.2) is 0 Å². The normalized spacial score (nSPS) is 13.1. The first-order chi connectivity index (χ1) is 25.5. The summed E-state index contributed by atoms with van der Waals surface area (Å²) in [4.78, 5) is 24.3. The van der Waals surface area contributed by atoms with E-state index >= 15 is 0 Å². The van der Waals surface area contributed by atoms with Gasteiger partial charge in [0.25, 0.3) is 0 Å². The highest BCUT2D eigenvalue weighted by atomic mass is 16.5. The van der Waals surface area contributed by atoms with E-state index in [4.69, 9.17) is 4.74 Å². The maximum Gasteiger partial charge on any atom is 0.305 e. The topological polar surface area (TPSA) is 95.9 Å². The minimum absolute atomic E-state index is 0.0523. The quantitative estimate of drug-likeness (QED) is 0.0331. The molecule has 52 heavy (non-hydrogen) atoms. The molecular weight excluding hydrogens is 647 g/mol. The third-order valence-electron chi connectivity index (χ3n) is 9.91. The van der Waals surface area contributed by atoms with E-state index in [-0.39, 0.29) is 18.5 Å². The SMILES string of the molecule is CCCC/C=C\C/C=C\CCCCCCCC(=O)OCCCC/C=C\CCCCCCC(=O)NC(CO)C(O)CCCCCCCCCCCCC. The molecule has 2 atom stereocenters. The van der Waals surface area contributed by atoms with Crippen molar-refractivity contribution >= 4 is 11.9 Å². The Kier molecular flexibility index (Phi) is 40.3. The summed E-state index contributed by atoms with van der Waals surface area (Å²) in [6.45, 7) is 4.78. The molecule has 0 saturated carbocycles. The van der Waals surface area contributed by atoms with Gasteiger partial charge < -0.3 is 20.3 Å². The average molecular weight is 732 g/mol. The van der Waals surface area contributed by atoms with E-state index in [9.17, 15) is 19.8 Å². The zero-order valence-electron chi connectivity index (χ0n) is 34.3.